The zero-order valence-corrected chi connectivity index (χ0v) is 13.2. The molecule has 2 aromatic carbocycles. The predicted octanol–water partition coefficient (Wildman–Crippen LogP) is 2.61. The standard InChI is InChI=1S/C17H15FN3O3/c1-20-15-8-7-11(21(23)24-2)9-13(15)17(19-10-16(20)22)12-5-3-4-6-14(12)18/h3-9H,10H2,1-2H3/q+1. The fourth-order valence-electron chi connectivity index (χ4n) is 2.58. The van der Waals surface area contributed by atoms with Gasteiger partial charge in [0.15, 0.2) is 7.11 Å². The summed E-state index contributed by atoms with van der Waals surface area (Å²) in [7, 11) is 2.87. The number of carbonyl (C=O) groups excluding carboxylic acids is 1. The van der Waals surface area contributed by atoms with Gasteiger partial charge in [-0.3, -0.25) is 9.79 Å². The van der Waals surface area contributed by atoms with E-state index in [1.807, 2.05) is 0 Å². The summed E-state index contributed by atoms with van der Waals surface area (Å²) >= 11 is 0. The first-order valence-corrected chi connectivity index (χ1v) is 7.24. The zero-order valence-electron chi connectivity index (χ0n) is 13.2. The summed E-state index contributed by atoms with van der Waals surface area (Å²) in [6.07, 6.45) is 0. The molecule has 0 unspecified atom stereocenters. The molecule has 0 fully saturated rings. The molecule has 1 aliphatic heterocycles. The molecule has 2 aromatic rings. The minimum Gasteiger partial charge on any atom is -0.313 e. The number of rotatable bonds is 3. The van der Waals surface area contributed by atoms with Gasteiger partial charge in [0.05, 0.1) is 16.3 Å². The molecule has 24 heavy (non-hydrogen) atoms. The van der Waals surface area contributed by atoms with Crippen LogP contribution in [0.2, 0.25) is 0 Å². The maximum absolute atomic E-state index is 14.2. The summed E-state index contributed by atoms with van der Waals surface area (Å²) in [5.41, 5.74) is 1.86. The van der Waals surface area contributed by atoms with Crippen molar-refractivity contribution in [2.75, 3.05) is 25.6 Å². The summed E-state index contributed by atoms with van der Waals surface area (Å²) < 4.78 is 14.2. The Morgan fingerprint density at radius 2 is 1.96 bits per heavy atom. The van der Waals surface area contributed by atoms with Crippen LogP contribution in [-0.2, 0) is 9.63 Å². The lowest BCUT2D eigenvalue weighted by Gasteiger charge is -2.17. The van der Waals surface area contributed by atoms with Crippen LogP contribution in [0.5, 0.6) is 0 Å². The molecular formula is C17H15FN3O3+. The largest absolute Gasteiger partial charge is 0.317 e. The molecule has 0 saturated heterocycles. The minimum absolute atomic E-state index is 0.102. The molecule has 1 heterocycles. The van der Waals surface area contributed by atoms with Crippen LogP contribution in [-0.4, -0.2) is 37.2 Å². The molecule has 3 rings (SSSR count). The van der Waals surface area contributed by atoms with Crippen molar-refractivity contribution in [3.8, 4) is 0 Å². The van der Waals surface area contributed by atoms with E-state index in [9.17, 15) is 14.1 Å². The van der Waals surface area contributed by atoms with Gasteiger partial charge in [-0.25, -0.2) is 9.23 Å². The molecule has 0 radical (unpaired) electrons. The molecule has 0 aliphatic carbocycles. The van der Waals surface area contributed by atoms with Crippen molar-refractivity contribution in [2.24, 2.45) is 4.99 Å². The lowest BCUT2D eigenvalue weighted by atomic mass is 9.99. The van der Waals surface area contributed by atoms with Crippen LogP contribution in [0.4, 0.5) is 15.8 Å². The summed E-state index contributed by atoms with van der Waals surface area (Å²) in [6, 6.07) is 10.9. The highest BCUT2D eigenvalue weighted by molar-refractivity contribution is 6.19. The van der Waals surface area contributed by atoms with Gasteiger partial charge in [-0.05, 0) is 18.2 Å². The molecule has 0 bridgehead atoms. The molecule has 0 saturated carbocycles. The molecule has 0 aromatic heterocycles. The number of hydrogen-bond acceptors (Lipinski definition) is 4. The van der Waals surface area contributed by atoms with Gasteiger partial charge in [-0.2, -0.15) is 0 Å². The number of fused-ring (bicyclic) bond motifs is 1. The number of halogens is 1. The van der Waals surface area contributed by atoms with Crippen molar-refractivity contribution in [2.45, 2.75) is 0 Å². The fraction of sp³-hybridized carbons (Fsp3) is 0.176. The summed E-state index contributed by atoms with van der Waals surface area (Å²) in [5.74, 6) is -0.670. The highest BCUT2D eigenvalue weighted by Gasteiger charge is 2.27. The molecule has 0 atom stereocenters. The third kappa shape index (κ3) is 2.64. The smallest absolute Gasteiger partial charge is 0.313 e. The van der Waals surface area contributed by atoms with Crippen molar-refractivity contribution in [1.29, 1.82) is 0 Å². The van der Waals surface area contributed by atoms with Crippen LogP contribution in [0, 0.1) is 10.7 Å². The number of hydrogen-bond donors (Lipinski definition) is 0. The number of carbonyl (C=O) groups is 1. The molecule has 1 amide bonds. The first kappa shape index (κ1) is 15.8. The first-order valence-electron chi connectivity index (χ1n) is 7.24. The van der Waals surface area contributed by atoms with Crippen LogP contribution in [0.15, 0.2) is 47.5 Å². The van der Waals surface area contributed by atoms with Gasteiger partial charge in [0.2, 0.25) is 5.91 Å². The first-order chi connectivity index (χ1) is 11.5. The van der Waals surface area contributed by atoms with Crippen LogP contribution < -0.4 is 4.90 Å². The van der Waals surface area contributed by atoms with Gasteiger partial charge >= 0.3 is 5.69 Å². The number of amides is 1. The van der Waals surface area contributed by atoms with Gasteiger partial charge < -0.3 is 4.90 Å². The predicted molar refractivity (Wildman–Crippen MR) is 87.1 cm³/mol. The fourth-order valence-corrected chi connectivity index (χ4v) is 2.58. The third-order valence-corrected chi connectivity index (χ3v) is 3.85. The molecule has 7 heteroatoms. The molecule has 0 spiro atoms. The second-order valence-corrected chi connectivity index (χ2v) is 5.24. The van der Waals surface area contributed by atoms with Crippen LogP contribution in [0.3, 0.4) is 0 Å². The van der Waals surface area contributed by atoms with Crippen LogP contribution >= 0.6 is 0 Å². The minimum atomic E-state index is -0.449. The quantitative estimate of drug-likeness (QED) is 0.814. The van der Waals surface area contributed by atoms with Crippen LogP contribution in [0.25, 0.3) is 0 Å². The molecule has 0 N–H and O–H groups in total. The SMILES string of the molecule is CO[N+](=O)c1ccc2c(c1)C(c1ccccc1F)=NCC(=O)N2C. The maximum Gasteiger partial charge on any atom is 0.317 e. The third-order valence-electron chi connectivity index (χ3n) is 3.85. The average molecular weight is 328 g/mol. The normalized spacial score (nSPS) is 13.9. The number of benzodiazepines with no additional fused rings is 1. The lowest BCUT2D eigenvalue weighted by Crippen LogP contribution is -2.27. The van der Waals surface area contributed by atoms with E-state index in [1.165, 1.54) is 30.2 Å². The van der Waals surface area contributed by atoms with Gasteiger partial charge in [0.25, 0.3) is 4.92 Å². The van der Waals surface area contributed by atoms with E-state index in [2.05, 4.69) is 9.83 Å². The highest BCUT2D eigenvalue weighted by atomic mass is 19.1. The number of benzene rings is 2. The molecule has 6 nitrogen and oxygen atoms in total. The average Bonchev–Trinajstić information content (AvgIpc) is 2.72. The van der Waals surface area contributed by atoms with Crippen molar-refractivity contribution in [3.05, 3.63) is 64.3 Å². The molecular weight excluding hydrogens is 313 g/mol. The Bertz CT molecular complexity index is 864. The van der Waals surface area contributed by atoms with E-state index >= 15 is 0 Å². The van der Waals surface area contributed by atoms with Crippen molar-refractivity contribution in [3.63, 3.8) is 0 Å². The van der Waals surface area contributed by atoms with Crippen molar-refractivity contribution >= 4 is 23.0 Å². The Morgan fingerprint density at radius 1 is 1.21 bits per heavy atom. The summed E-state index contributed by atoms with van der Waals surface area (Å²) in [6.45, 7) is -0.102. The Labute approximate surface area is 137 Å². The van der Waals surface area contributed by atoms with Gasteiger partial charge in [0, 0.05) is 30.3 Å². The van der Waals surface area contributed by atoms with E-state index in [0.29, 0.717) is 21.9 Å². The number of nitrogens with zero attached hydrogens (tertiary/aromatic N) is 3. The molecule has 122 valence electrons. The lowest BCUT2D eigenvalue weighted by molar-refractivity contribution is -0.736. The van der Waals surface area contributed by atoms with E-state index < -0.39 is 5.82 Å². The monoisotopic (exact) mass is 328 g/mol. The Morgan fingerprint density at radius 3 is 2.67 bits per heavy atom. The van der Waals surface area contributed by atoms with Crippen molar-refractivity contribution in [1.82, 2.24) is 0 Å². The second kappa shape index (κ2) is 6.19. The maximum atomic E-state index is 14.2. The second-order valence-electron chi connectivity index (χ2n) is 5.24. The van der Waals surface area contributed by atoms with E-state index in [0.717, 1.165) is 0 Å². The Kier molecular flexibility index (Phi) is 4.07. The number of aliphatic imine (C=N–C) groups is 1. The number of anilines is 1. The summed E-state index contributed by atoms with van der Waals surface area (Å²) in [5, 5.41) is 0. The zero-order chi connectivity index (χ0) is 17.3. The van der Waals surface area contributed by atoms with E-state index in [-0.39, 0.29) is 23.7 Å². The number of likely N-dealkylation sites (N-methyl/N-ethyl adjacent to an activating group) is 1. The highest BCUT2D eigenvalue weighted by Crippen LogP contribution is 2.30. The van der Waals surface area contributed by atoms with E-state index in [4.69, 9.17) is 0 Å². The molecule has 1 aliphatic rings. The Balaban J connectivity index is 2.25. The van der Waals surface area contributed by atoms with Crippen molar-refractivity contribution < 1.29 is 18.9 Å². The Hall–Kier alpha value is -3.09. The topological polar surface area (TPSA) is 62.0 Å². The van der Waals surface area contributed by atoms with Gasteiger partial charge in [0.1, 0.15) is 12.4 Å². The van der Waals surface area contributed by atoms with Gasteiger partial charge in [-0.1, -0.05) is 12.1 Å². The summed E-state index contributed by atoms with van der Waals surface area (Å²) in [4.78, 5) is 34.6. The van der Waals surface area contributed by atoms with E-state index in [1.54, 1.807) is 31.3 Å². The van der Waals surface area contributed by atoms with Crippen LogP contribution in [0.1, 0.15) is 11.1 Å². The van der Waals surface area contributed by atoms with Gasteiger partial charge in [-0.15, -0.1) is 0 Å².